The number of carbonyl (C=O) groups is 3. The second-order valence-corrected chi connectivity index (χ2v) is 6.58. The summed E-state index contributed by atoms with van der Waals surface area (Å²) in [7, 11) is 2.23. The van der Waals surface area contributed by atoms with Gasteiger partial charge in [0.15, 0.2) is 0 Å². The fourth-order valence-corrected chi connectivity index (χ4v) is 2.06. The number of ether oxygens (including phenoxy) is 1. The summed E-state index contributed by atoms with van der Waals surface area (Å²) in [6.07, 6.45) is 1.66. The smallest absolute Gasteiger partial charge is 0.331 e. The van der Waals surface area contributed by atoms with E-state index in [4.69, 9.17) is 4.74 Å². The van der Waals surface area contributed by atoms with Crippen molar-refractivity contribution < 1.29 is 19.1 Å². The number of carbonyl (C=O) groups excluding carboxylic acids is 3. The van der Waals surface area contributed by atoms with Crippen LogP contribution in [0.5, 0.6) is 0 Å². The van der Waals surface area contributed by atoms with Gasteiger partial charge in [0, 0.05) is 18.8 Å². The molecule has 1 aromatic heterocycles. The van der Waals surface area contributed by atoms with Crippen LogP contribution < -0.4 is 16.6 Å². The molecule has 0 aliphatic rings. The summed E-state index contributed by atoms with van der Waals surface area (Å²) in [4.78, 5) is 58.7. The first-order chi connectivity index (χ1) is 12.0. The Morgan fingerprint density at radius 3 is 2.50 bits per heavy atom. The van der Waals surface area contributed by atoms with E-state index in [1.54, 1.807) is 20.8 Å². The Labute approximate surface area is 151 Å². The van der Waals surface area contributed by atoms with E-state index in [0.717, 1.165) is 21.6 Å². The fourth-order valence-electron chi connectivity index (χ4n) is 2.06. The van der Waals surface area contributed by atoms with Crippen molar-refractivity contribution in [2.45, 2.75) is 39.8 Å². The fraction of sp³-hybridized carbons (Fsp3) is 0.533. The van der Waals surface area contributed by atoms with E-state index in [0.29, 0.717) is 6.19 Å². The number of aromatic nitrogens is 2. The maximum Gasteiger partial charge on any atom is 0.331 e. The molecule has 0 unspecified atom stereocenters. The quantitative estimate of drug-likeness (QED) is 0.266. The van der Waals surface area contributed by atoms with Gasteiger partial charge in [0.05, 0.1) is 6.19 Å². The second-order valence-electron chi connectivity index (χ2n) is 6.58. The highest BCUT2D eigenvalue weighted by Gasteiger charge is 2.23. The standard InChI is InChI=1S/C15H22BN4O6/c1-10-6-19(14(25)18(5)13(10)24)7-11(22)20(17-16-9-21)8-12(23)26-15(2,3)4/h6,9,17H,7-8H2,1-5H3. The average molecular weight is 365 g/mol. The molecule has 0 saturated heterocycles. The van der Waals surface area contributed by atoms with E-state index in [9.17, 15) is 24.0 Å². The van der Waals surface area contributed by atoms with Crippen LogP contribution >= 0.6 is 0 Å². The molecule has 1 radical (unpaired) electrons. The largest absolute Gasteiger partial charge is 0.459 e. The third kappa shape index (κ3) is 5.99. The summed E-state index contributed by atoms with van der Waals surface area (Å²) < 4.78 is 7.06. The highest BCUT2D eigenvalue weighted by atomic mass is 16.6. The molecule has 1 N–H and O–H groups in total. The summed E-state index contributed by atoms with van der Waals surface area (Å²) in [6.45, 7) is 5.63. The third-order valence-corrected chi connectivity index (χ3v) is 3.14. The molecule has 10 nitrogen and oxygen atoms in total. The number of nitrogens with zero attached hydrogens (tertiary/aromatic N) is 3. The molecule has 141 valence electrons. The molecule has 11 heteroatoms. The van der Waals surface area contributed by atoms with Crippen LogP contribution in [0.3, 0.4) is 0 Å². The van der Waals surface area contributed by atoms with Gasteiger partial charge in [-0.15, -0.1) is 0 Å². The molecule has 0 aliphatic carbocycles. The number of amides is 1. The molecule has 1 heterocycles. The van der Waals surface area contributed by atoms with Crippen molar-refractivity contribution in [3.8, 4) is 0 Å². The van der Waals surface area contributed by atoms with E-state index in [2.05, 4.69) is 5.34 Å². The first kappa shape index (κ1) is 21.4. The van der Waals surface area contributed by atoms with Crippen molar-refractivity contribution in [3.63, 3.8) is 0 Å². The Balaban J connectivity index is 3.00. The van der Waals surface area contributed by atoms with Crippen LogP contribution in [0, 0.1) is 6.92 Å². The van der Waals surface area contributed by atoms with Crippen molar-refractivity contribution in [1.29, 1.82) is 0 Å². The molecule has 0 atom stereocenters. The molecule has 1 amide bonds. The highest BCUT2D eigenvalue weighted by Crippen LogP contribution is 2.07. The number of hydrogen-bond acceptors (Lipinski definition) is 7. The van der Waals surface area contributed by atoms with Crippen molar-refractivity contribution in [2.75, 3.05) is 6.54 Å². The molecule has 0 fully saturated rings. The van der Waals surface area contributed by atoms with E-state index in [-0.39, 0.29) is 5.56 Å². The van der Waals surface area contributed by atoms with E-state index in [1.165, 1.54) is 20.2 Å². The lowest BCUT2D eigenvalue weighted by molar-refractivity contribution is -0.159. The number of esters is 1. The summed E-state index contributed by atoms with van der Waals surface area (Å²) in [5.74, 6) is -1.37. The monoisotopic (exact) mass is 365 g/mol. The van der Waals surface area contributed by atoms with Gasteiger partial charge in [0.2, 0.25) is 0 Å². The molecular weight excluding hydrogens is 343 g/mol. The number of nitrogens with one attached hydrogen (secondary N) is 1. The second kappa shape index (κ2) is 8.61. The lowest BCUT2D eigenvalue weighted by Gasteiger charge is -2.25. The van der Waals surface area contributed by atoms with Crippen LogP contribution in [0.15, 0.2) is 15.8 Å². The minimum atomic E-state index is -0.744. The van der Waals surface area contributed by atoms with Gasteiger partial charge in [0.25, 0.3) is 11.5 Å². The zero-order valence-corrected chi connectivity index (χ0v) is 15.4. The SMILES string of the molecule is Cc1cn(CC(=O)N(CC(=O)OC(C)(C)C)N[B]C=O)c(=O)n(C)c1=O. The Hall–Kier alpha value is -2.69. The minimum Gasteiger partial charge on any atom is -0.459 e. The topological polar surface area (TPSA) is 120 Å². The minimum absolute atomic E-state index is 0.283. The lowest BCUT2D eigenvalue weighted by atomic mass is 10.0. The maximum absolute atomic E-state index is 12.5. The third-order valence-electron chi connectivity index (χ3n) is 3.14. The van der Waals surface area contributed by atoms with Crippen LogP contribution in [0.1, 0.15) is 26.3 Å². The Bertz CT molecular complexity index is 808. The molecule has 0 saturated carbocycles. The summed E-state index contributed by atoms with van der Waals surface area (Å²) in [5.41, 5.74) is -1.60. The Kier molecular flexibility index (Phi) is 7.07. The molecule has 0 bridgehead atoms. The first-order valence-electron chi connectivity index (χ1n) is 7.78. The normalized spacial score (nSPS) is 11.0. The molecule has 1 rings (SSSR count). The number of rotatable bonds is 7. The Morgan fingerprint density at radius 1 is 1.35 bits per heavy atom. The van der Waals surface area contributed by atoms with E-state index >= 15 is 0 Å². The van der Waals surface area contributed by atoms with Crippen LogP contribution in [-0.2, 0) is 32.7 Å². The van der Waals surface area contributed by atoms with E-state index in [1.807, 2.05) is 0 Å². The average Bonchev–Trinajstić information content (AvgIpc) is 2.52. The predicted molar refractivity (Wildman–Crippen MR) is 93.9 cm³/mol. The zero-order chi connectivity index (χ0) is 20.1. The van der Waals surface area contributed by atoms with Gasteiger partial charge < -0.3 is 9.53 Å². The predicted octanol–water partition coefficient (Wildman–Crippen LogP) is -1.66. The van der Waals surface area contributed by atoms with Gasteiger partial charge in [-0.3, -0.25) is 33.9 Å². The van der Waals surface area contributed by atoms with Crippen LogP contribution in [0.4, 0.5) is 0 Å². The summed E-state index contributed by atoms with van der Waals surface area (Å²) in [6, 6.07) is 0. The molecular formula is C15H22BN4O6. The van der Waals surface area contributed by atoms with Gasteiger partial charge in [-0.25, -0.2) is 4.79 Å². The van der Waals surface area contributed by atoms with E-state index < -0.39 is 41.8 Å². The van der Waals surface area contributed by atoms with Gasteiger partial charge >= 0.3 is 19.1 Å². The molecule has 26 heavy (non-hydrogen) atoms. The first-order valence-corrected chi connectivity index (χ1v) is 7.78. The van der Waals surface area contributed by atoms with Crippen molar-refractivity contribution in [2.24, 2.45) is 7.05 Å². The molecule has 0 spiro atoms. The molecule has 0 aromatic carbocycles. The van der Waals surface area contributed by atoms with Crippen LogP contribution in [0.25, 0.3) is 0 Å². The van der Waals surface area contributed by atoms with Crippen molar-refractivity contribution in [3.05, 3.63) is 32.6 Å². The lowest BCUT2D eigenvalue weighted by Crippen LogP contribution is -2.51. The number of hydrogen-bond donors (Lipinski definition) is 1. The number of aryl methyl sites for hydroxylation is 1. The molecule has 1 aromatic rings. The Morgan fingerprint density at radius 2 is 1.96 bits per heavy atom. The van der Waals surface area contributed by atoms with Crippen molar-refractivity contribution >= 4 is 25.5 Å². The van der Waals surface area contributed by atoms with Gasteiger partial charge in [-0.2, -0.15) is 0 Å². The van der Waals surface area contributed by atoms with Gasteiger partial charge in [-0.05, 0) is 27.7 Å². The number of hydrazine groups is 1. The van der Waals surface area contributed by atoms with Crippen LogP contribution in [0.2, 0.25) is 0 Å². The van der Waals surface area contributed by atoms with Crippen molar-refractivity contribution in [1.82, 2.24) is 19.5 Å². The maximum atomic E-state index is 12.5. The van der Waals surface area contributed by atoms with Gasteiger partial charge in [0.1, 0.15) is 18.7 Å². The molecule has 0 aliphatic heterocycles. The zero-order valence-electron chi connectivity index (χ0n) is 15.4. The van der Waals surface area contributed by atoms with Gasteiger partial charge in [-0.1, -0.05) is 0 Å². The highest BCUT2D eigenvalue weighted by molar-refractivity contribution is 6.64. The van der Waals surface area contributed by atoms with Crippen LogP contribution in [-0.4, -0.2) is 51.8 Å². The summed E-state index contributed by atoms with van der Waals surface area (Å²) >= 11 is 0. The summed E-state index contributed by atoms with van der Waals surface area (Å²) in [5, 5.41) is 3.23.